The molecule has 1 fully saturated rings. The lowest BCUT2D eigenvalue weighted by atomic mass is 9.63. The van der Waals surface area contributed by atoms with Gasteiger partial charge in [0.2, 0.25) is 5.95 Å². The van der Waals surface area contributed by atoms with Gasteiger partial charge < -0.3 is 15.1 Å². The van der Waals surface area contributed by atoms with Gasteiger partial charge in [-0.15, -0.1) is 5.10 Å². The molecular formula is C25H27F2N5O2. The van der Waals surface area contributed by atoms with Crippen LogP contribution in [0.5, 0.6) is 0 Å². The lowest BCUT2D eigenvalue weighted by Gasteiger charge is -2.40. The summed E-state index contributed by atoms with van der Waals surface area (Å²) in [7, 11) is 0. The van der Waals surface area contributed by atoms with Crippen LogP contribution in [0.3, 0.4) is 0 Å². The topological polar surface area (TPSA) is 95.3 Å². The lowest BCUT2D eigenvalue weighted by molar-refractivity contribution is 0.0572. The number of fused-ring (bicyclic) bond motifs is 1. The molecule has 5 rings (SSSR count). The van der Waals surface area contributed by atoms with Crippen molar-refractivity contribution in [3.05, 3.63) is 65.1 Å². The zero-order chi connectivity index (χ0) is 24.4. The number of nitrogens with zero attached hydrogens (tertiary/aromatic N) is 5. The number of hydrogen-bond donors (Lipinski definition) is 2. The highest BCUT2D eigenvalue weighted by Gasteiger charge is 2.57. The van der Waals surface area contributed by atoms with Crippen molar-refractivity contribution in [3.63, 3.8) is 0 Å². The third kappa shape index (κ3) is 3.14. The molecule has 2 N–H and O–H groups in total. The Kier molecular flexibility index (Phi) is 5.18. The largest absolute Gasteiger partial charge is 0.388 e. The van der Waals surface area contributed by atoms with Gasteiger partial charge in [-0.3, -0.25) is 0 Å². The van der Waals surface area contributed by atoms with Gasteiger partial charge in [-0.05, 0) is 48.1 Å². The molecule has 3 heterocycles. The summed E-state index contributed by atoms with van der Waals surface area (Å²) < 4.78 is 28.9. The third-order valence-electron chi connectivity index (χ3n) is 8.05. The smallest absolute Gasteiger partial charge is 0.225 e. The van der Waals surface area contributed by atoms with Crippen molar-refractivity contribution in [3.8, 4) is 11.3 Å². The summed E-state index contributed by atoms with van der Waals surface area (Å²) in [4.78, 5) is 10.9. The Labute approximate surface area is 196 Å². The molecule has 0 saturated carbocycles. The Morgan fingerprint density at radius 3 is 2.29 bits per heavy atom. The van der Waals surface area contributed by atoms with Crippen LogP contribution in [0.1, 0.15) is 50.6 Å². The number of aliphatic hydroxyl groups is 2. The molecule has 1 aliphatic carbocycles. The first-order valence-corrected chi connectivity index (χ1v) is 11.3. The van der Waals surface area contributed by atoms with E-state index >= 15 is 0 Å². The first kappa shape index (κ1) is 22.7. The number of benzene rings is 1. The van der Waals surface area contributed by atoms with Crippen molar-refractivity contribution in [2.24, 2.45) is 5.41 Å². The Hall–Kier alpha value is -3.04. The average Bonchev–Trinajstić information content (AvgIpc) is 3.22. The fourth-order valence-corrected chi connectivity index (χ4v) is 5.28. The van der Waals surface area contributed by atoms with Crippen molar-refractivity contribution < 1.29 is 19.0 Å². The van der Waals surface area contributed by atoms with Crippen LogP contribution in [0.15, 0.2) is 36.5 Å². The molecule has 4 atom stereocenters. The van der Waals surface area contributed by atoms with E-state index in [-0.39, 0.29) is 35.7 Å². The van der Waals surface area contributed by atoms with E-state index < -0.39 is 29.3 Å². The molecule has 1 aliphatic heterocycles. The Balaban J connectivity index is 1.62. The molecule has 0 radical (unpaired) electrons. The number of β-amino-alcohol motifs (C(OH)–C–C–N with tert-alkyl or cyclic N) is 2. The van der Waals surface area contributed by atoms with Crippen LogP contribution in [0, 0.1) is 17.0 Å². The van der Waals surface area contributed by atoms with E-state index in [9.17, 15) is 19.0 Å². The third-order valence-corrected chi connectivity index (χ3v) is 8.05. The summed E-state index contributed by atoms with van der Waals surface area (Å²) in [5, 5.41) is 28.6. The molecule has 7 nitrogen and oxygen atoms in total. The molecule has 1 aromatic carbocycles. The molecule has 1 saturated heterocycles. The van der Waals surface area contributed by atoms with E-state index in [4.69, 9.17) is 4.98 Å². The summed E-state index contributed by atoms with van der Waals surface area (Å²) in [6, 6.07) is 7.31. The second-order valence-corrected chi connectivity index (χ2v) is 9.98. The fraction of sp³-hybridized carbons (Fsp3) is 0.440. The fourth-order valence-electron chi connectivity index (χ4n) is 5.28. The summed E-state index contributed by atoms with van der Waals surface area (Å²) >= 11 is 0. The van der Waals surface area contributed by atoms with E-state index in [1.165, 1.54) is 18.2 Å². The quantitative estimate of drug-likeness (QED) is 0.611. The number of anilines is 1. The van der Waals surface area contributed by atoms with Gasteiger partial charge in [-0.25, -0.2) is 18.7 Å². The number of hydrogen-bond acceptors (Lipinski definition) is 7. The predicted octanol–water partition coefficient (Wildman–Crippen LogP) is 3.20. The maximum Gasteiger partial charge on any atom is 0.225 e. The normalized spacial score (nSPS) is 27.8. The molecule has 0 unspecified atom stereocenters. The van der Waals surface area contributed by atoms with Gasteiger partial charge in [0, 0.05) is 19.3 Å². The van der Waals surface area contributed by atoms with E-state index in [0.717, 1.165) is 11.3 Å². The van der Waals surface area contributed by atoms with Gasteiger partial charge in [0.05, 0.1) is 40.3 Å². The van der Waals surface area contributed by atoms with E-state index in [1.54, 1.807) is 17.2 Å². The summed E-state index contributed by atoms with van der Waals surface area (Å²) in [5.74, 6) is -0.954. The molecule has 0 spiro atoms. The van der Waals surface area contributed by atoms with Gasteiger partial charge in [0.25, 0.3) is 0 Å². The zero-order valence-electron chi connectivity index (χ0n) is 19.5. The highest BCUT2D eigenvalue weighted by Crippen LogP contribution is 2.60. The Morgan fingerprint density at radius 1 is 1.00 bits per heavy atom. The van der Waals surface area contributed by atoms with E-state index in [1.807, 2.05) is 13.0 Å². The second-order valence-electron chi connectivity index (χ2n) is 9.98. The second kappa shape index (κ2) is 7.74. The zero-order valence-corrected chi connectivity index (χ0v) is 19.5. The maximum absolute atomic E-state index is 14.4. The standard InChI is InChI=1S/C25H27F2N5O2/c1-13-14-10-17(21-15(26)6-5-7-16(21)27)30-31-22(14)25(4,24(13,2)3)20-8-9-28-23(29-20)32-11-18(33)19(34)12-32/h5-10,13,18-19,33-34H,11-12H2,1-4H3/t13-,18-,19-,25-/m0/s1. The molecule has 0 bridgehead atoms. The molecule has 2 aromatic heterocycles. The van der Waals surface area contributed by atoms with Gasteiger partial charge in [-0.1, -0.05) is 26.8 Å². The van der Waals surface area contributed by atoms with E-state index in [2.05, 4.69) is 36.0 Å². The Morgan fingerprint density at radius 2 is 1.65 bits per heavy atom. The van der Waals surface area contributed by atoms with Crippen molar-refractivity contribution >= 4 is 5.95 Å². The number of aromatic nitrogens is 4. The van der Waals surface area contributed by atoms with Crippen molar-refractivity contribution in [1.82, 2.24) is 20.2 Å². The molecule has 34 heavy (non-hydrogen) atoms. The average molecular weight is 468 g/mol. The highest BCUT2D eigenvalue weighted by atomic mass is 19.1. The number of rotatable bonds is 3. The van der Waals surface area contributed by atoms with E-state index in [0.29, 0.717) is 11.6 Å². The van der Waals surface area contributed by atoms with Crippen LogP contribution < -0.4 is 4.90 Å². The number of halogens is 2. The van der Waals surface area contributed by atoms with Gasteiger partial charge >= 0.3 is 0 Å². The highest BCUT2D eigenvalue weighted by molar-refractivity contribution is 5.63. The molecule has 178 valence electrons. The van der Waals surface area contributed by atoms with Gasteiger partial charge in [0.15, 0.2) is 0 Å². The van der Waals surface area contributed by atoms with Crippen LogP contribution in [0.2, 0.25) is 0 Å². The summed E-state index contributed by atoms with van der Waals surface area (Å²) in [6.07, 6.45) is -0.0425. The predicted molar refractivity (Wildman–Crippen MR) is 122 cm³/mol. The minimum absolute atomic E-state index is 0.00886. The maximum atomic E-state index is 14.4. The molecule has 9 heteroatoms. The number of aliphatic hydroxyl groups excluding tert-OH is 2. The molecule has 2 aliphatic rings. The minimum Gasteiger partial charge on any atom is -0.388 e. The first-order chi connectivity index (χ1) is 16.1. The SMILES string of the molecule is C[C@H]1c2cc(-c3c(F)cccc3F)nnc2[C@](C)(c2ccnc(N3C[C@H](O)[C@@H](O)C3)n2)C1(C)C. The molecular weight excluding hydrogens is 440 g/mol. The monoisotopic (exact) mass is 467 g/mol. The first-order valence-electron chi connectivity index (χ1n) is 11.3. The summed E-state index contributed by atoms with van der Waals surface area (Å²) in [5.41, 5.74) is 1.23. The lowest BCUT2D eigenvalue weighted by Crippen LogP contribution is -2.40. The van der Waals surface area contributed by atoms with Gasteiger partial charge in [-0.2, -0.15) is 5.10 Å². The molecule has 0 amide bonds. The molecule has 3 aromatic rings. The minimum atomic E-state index is -0.852. The summed E-state index contributed by atoms with van der Waals surface area (Å²) in [6.45, 7) is 8.85. The van der Waals surface area contributed by atoms with Crippen LogP contribution >= 0.6 is 0 Å². The van der Waals surface area contributed by atoms with Crippen LogP contribution in [0.4, 0.5) is 14.7 Å². The Bertz CT molecular complexity index is 1240. The van der Waals surface area contributed by atoms with Crippen LogP contribution in [-0.2, 0) is 5.41 Å². The van der Waals surface area contributed by atoms with Crippen LogP contribution in [-0.4, -0.2) is 55.7 Å². The van der Waals surface area contributed by atoms with Crippen molar-refractivity contribution in [2.45, 2.75) is 51.2 Å². The van der Waals surface area contributed by atoms with Crippen molar-refractivity contribution in [1.29, 1.82) is 0 Å². The van der Waals surface area contributed by atoms with Crippen LogP contribution in [0.25, 0.3) is 11.3 Å². The van der Waals surface area contributed by atoms with Gasteiger partial charge in [0.1, 0.15) is 11.6 Å². The van der Waals surface area contributed by atoms with Crippen molar-refractivity contribution in [2.75, 3.05) is 18.0 Å².